The molecule has 1 aromatic carbocycles. The van der Waals surface area contributed by atoms with E-state index in [4.69, 9.17) is 14.2 Å². The van der Waals surface area contributed by atoms with E-state index in [2.05, 4.69) is 20.9 Å². The molecule has 0 aromatic heterocycles. The number of methoxy groups -OCH3 is 1. The summed E-state index contributed by atoms with van der Waals surface area (Å²) >= 11 is 3.41. The van der Waals surface area contributed by atoms with E-state index in [-0.39, 0.29) is 12.4 Å². The summed E-state index contributed by atoms with van der Waals surface area (Å²) in [6.45, 7) is 12.4. The highest BCUT2D eigenvalue weighted by Crippen LogP contribution is 2.34. The summed E-state index contributed by atoms with van der Waals surface area (Å²) in [6, 6.07) is 5.43. The molecule has 1 rings (SSSR count). The van der Waals surface area contributed by atoms with E-state index in [0.717, 1.165) is 0 Å². The molecule has 0 unspecified atom stereocenters. The highest BCUT2D eigenvalue weighted by Gasteiger charge is 2.12. The molecule has 6 heteroatoms. The molecule has 24 heavy (non-hydrogen) atoms. The van der Waals surface area contributed by atoms with Gasteiger partial charge in [-0.2, -0.15) is 0 Å². The normalized spacial score (nSPS) is 9.75. The maximum atomic E-state index is 11.5. The highest BCUT2D eigenvalue weighted by molar-refractivity contribution is 9.10. The van der Waals surface area contributed by atoms with Crippen LogP contribution in [0.4, 0.5) is 5.69 Å². The number of benzene rings is 1. The summed E-state index contributed by atoms with van der Waals surface area (Å²) in [4.78, 5) is 15.9. The van der Waals surface area contributed by atoms with Crippen LogP contribution in [-0.4, -0.2) is 32.2 Å². The van der Waals surface area contributed by atoms with Gasteiger partial charge in [0.15, 0.2) is 5.90 Å². The molecular formula is C18H30BrNO4. The van der Waals surface area contributed by atoms with Gasteiger partial charge in [-0.25, -0.2) is 4.99 Å². The van der Waals surface area contributed by atoms with Crippen LogP contribution < -0.4 is 4.74 Å². The predicted octanol–water partition coefficient (Wildman–Crippen LogP) is 5.53. The lowest BCUT2D eigenvalue weighted by Crippen LogP contribution is -2.14. The van der Waals surface area contributed by atoms with Crippen molar-refractivity contribution in [2.45, 2.75) is 48.0 Å². The average molecular weight is 404 g/mol. The molecule has 0 aliphatic heterocycles. The maximum Gasteiger partial charge on any atom is 0.315 e. The zero-order valence-electron chi connectivity index (χ0n) is 15.8. The number of nitrogens with zero attached hydrogens (tertiary/aromatic N) is 1. The van der Waals surface area contributed by atoms with Gasteiger partial charge in [0.05, 0.1) is 30.5 Å². The Bertz CT molecular complexity index is 490. The van der Waals surface area contributed by atoms with Crippen LogP contribution in [0, 0.1) is 0 Å². The third-order valence-corrected chi connectivity index (χ3v) is 3.12. The Balaban J connectivity index is 0. The maximum absolute atomic E-state index is 11.5. The first-order chi connectivity index (χ1) is 11.6. The van der Waals surface area contributed by atoms with Crippen LogP contribution in [0.2, 0.25) is 0 Å². The highest BCUT2D eigenvalue weighted by atomic mass is 79.9. The Kier molecular flexibility index (Phi) is 16.8. The van der Waals surface area contributed by atoms with Crippen molar-refractivity contribution >= 4 is 33.5 Å². The lowest BCUT2D eigenvalue weighted by atomic mass is 10.3. The van der Waals surface area contributed by atoms with E-state index in [9.17, 15) is 4.79 Å². The third kappa shape index (κ3) is 9.55. The zero-order chi connectivity index (χ0) is 19.0. The molecule has 0 aliphatic rings. The molecule has 5 nitrogen and oxygen atoms in total. The summed E-state index contributed by atoms with van der Waals surface area (Å²) < 4.78 is 16.2. The SMILES string of the molecule is CC.CC.CCOC(=O)CC(=Nc1cccc(OC)c1Br)OCC. The Morgan fingerprint density at radius 2 is 1.67 bits per heavy atom. The standard InChI is InChI=1S/C14H18BrNO4.2C2H6/c1-4-19-12(9-13(17)20-5-2)16-10-7-6-8-11(18-3)14(10)15;2*1-2/h6-8H,4-5,9H2,1-3H3;2*1-2H3. The van der Waals surface area contributed by atoms with E-state index < -0.39 is 0 Å². The number of rotatable bonds is 6. The van der Waals surface area contributed by atoms with Gasteiger partial charge in [0.2, 0.25) is 0 Å². The van der Waals surface area contributed by atoms with Gasteiger partial charge in [-0.05, 0) is 41.9 Å². The summed E-state index contributed by atoms with van der Waals surface area (Å²) in [5, 5.41) is 0. The van der Waals surface area contributed by atoms with Crippen molar-refractivity contribution in [2.24, 2.45) is 4.99 Å². The molecule has 0 N–H and O–H groups in total. The van der Waals surface area contributed by atoms with Crippen molar-refractivity contribution in [1.29, 1.82) is 0 Å². The molecule has 0 bridgehead atoms. The van der Waals surface area contributed by atoms with Crippen molar-refractivity contribution in [2.75, 3.05) is 20.3 Å². The largest absolute Gasteiger partial charge is 0.495 e. The summed E-state index contributed by atoms with van der Waals surface area (Å²) in [5.74, 6) is 0.622. The Hall–Kier alpha value is -1.56. The second-order valence-electron chi connectivity index (χ2n) is 3.71. The molecule has 0 radical (unpaired) electrons. The van der Waals surface area contributed by atoms with Crippen molar-refractivity contribution in [3.63, 3.8) is 0 Å². The van der Waals surface area contributed by atoms with Crippen LogP contribution in [0.15, 0.2) is 27.7 Å². The Morgan fingerprint density at radius 3 is 2.17 bits per heavy atom. The van der Waals surface area contributed by atoms with Crippen molar-refractivity contribution < 1.29 is 19.0 Å². The molecule has 0 aliphatic carbocycles. The van der Waals surface area contributed by atoms with Gasteiger partial charge in [-0.3, -0.25) is 4.79 Å². The van der Waals surface area contributed by atoms with E-state index in [1.165, 1.54) is 0 Å². The molecule has 0 spiro atoms. The third-order valence-electron chi connectivity index (χ3n) is 2.32. The number of esters is 1. The fourth-order valence-corrected chi connectivity index (χ4v) is 2.02. The number of hydrogen-bond donors (Lipinski definition) is 0. The van der Waals surface area contributed by atoms with Gasteiger partial charge in [0, 0.05) is 0 Å². The van der Waals surface area contributed by atoms with Crippen LogP contribution in [0.3, 0.4) is 0 Å². The number of ether oxygens (including phenoxy) is 3. The molecule has 0 fully saturated rings. The zero-order valence-corrected chi connectivity index (χ0v) is 17.4. The second kappa shape index (κ2) is 16.3. The first-order valence-corrected chi connectivity index (χ1v) is 9.10. The van der Waals surface area contributed by atoms with Gasteiger partial charge in [0.1, 0.15) is 12.2 Å². The minimum atomic E-state index is -0.362. The molecule has 0 amide bonds. The molecule has 1 aromatic rings. The number of carbonyl (C=O) groups is 1. The molecular weight excluding hydrogens is 374 g/mol. The summed E-state index contributed by atoms with van der Waals surface area (Å²) in [7, 11) is 1.58. The van der Waals surface area contributed by atoms with Crippen molar-refractivity contribution in [1.82, 2.24) is 0 Å². The minimum absolute atomic E-state index is 0.00529. The van der Waals surface area contributed by atoms with E-state index >= 15 is 0 Å². The Morgan fingerprint density at radius 1 is 1.08 bits per heavy atom. The number of hydrogen-bond acceptors (Lipinski definition) is 5. The van der Waals surface area contributed by atoms with E-state index in [1.54, 1.807) is 20.1 Å². The second-order valence-corrected chi connectivity index (χ2v) is 4.51. The van der Waals surface area contributed by atoms with Gasteiger partial charge in [-0.1, -0.05) is 33.8 Å². The topological polar surface area (TPSA) is 57.1 Å². The van der Waals surface area contributed by atoms with Crippen molar-refractivity contribution in [3.8, 4) is 5.75 Å². The summed E-state index contributed by atoms with van der Waals surface area (Å²) in [5.41, 5.74) is 0.636. The van der Waals surface area contributed by atoms with Crippen LogP contribution in [0.25, 0.3) is 0 Å². The predicted molar refractivity (Wildman–Crippen MR) is 103 cm³/mol. The molecule has 0 heterocycles. The van der Waals surface area contributed by atoms with Crippen LogP contribution in [-0.2, 0) is 14.3 Å². The fourth-order valence-electron chi connectivity index (χ4n) is 1.50. The molecule has 0 atom stereocenters. The molecule has 138 valence electrons. The van der Waals surface area contributed by atoms with Gasteiger partial charge < -0.3 is 14.2 Å². The van der Waals surface area contributed by atoms with Gasteiger partial charge in [0.25, 0.3) is 0 Å². The van der Waals surface area contributed by atoms with E-state index in [1.807, 2.05) is 46.8 Å². The molecule has 0 saturated heterocycles. The van der Waals surface area contributed by atoms with Gasteiger partial charge in [-0.15, -0.1) is 0 Å². The lowest BCUT2D eigenvalue weighted by Gasteiger charge is -2.09. The van der Waals surface area contributed by atoms with Crippen LogP contribution >= 0.6 is 15.9 Å². The van der Waals surface area contributed by atoms with Crippen LogP contribution in [0.5, 0.6) is 5.75 Å². The lowest BCUT2D eigenvalue weighted by molar-refractivity contribution is -0.141. The smallest absolute Gasteiger partial charge is 0.315 e. The molecule has 0 saturated carbocycles. The quantitative estimate of drug-likeness (QED) is 0.355. The Labute approximate surface area is 154 Å². The number of carbonyl (C=O) groups excluding carboxylic acids is 1. The number of aliphatic imine (C=N–C) groups is 1. The summed E-state index contributed by atoms with van der Waals surface area (Å²) in [6.07, 6.45) is 0.00529. The fraction of sp³-hybridized carbons (Fsp3) is 0.556. The first kappa shape index (κ1) is 24.7. The monoisotopic (exact) mass is 403 g/mol. The van der Waals surface area contributed by atoms with Crippen LogP contribution in [0.1, 0.15) is 48.0 Å². The van der Waals surface area contributed by atoms with Gasteiger partial charge >= 0.3 is 5.97 Å². The first-order valence-electron chi connectivity index (χ1n) is 8.30. The van der Waals surface area contributed by atoms with Crippen molar-refractivity contribution in [3.05, 3.63) is 22.7 Å². The van der Waals surface area contributed by atoms with E-state index in [0.29, 0.717) is 35.0 Å². The average Bonchev–Trinajstić information content (AvgIpc) is 2.60. The minimum Gasteiger partial charge on any atom is -0.495 e. The number of halogens is 1.